The Labute approximate surface area is 510 Å². The fourth-order valence-corrected chi connectivity index (χ4v) is 10.6. The maximum absolute atomic E-state index is 13.0. The molecule has 0 heterocycles. The van der Waals surface area contributed by atoms with Gasteiger partial charge in [-0.15, -0.1) is 0 Å². The summed E-state index contributed by atoms with van der Waals surface area (Å²) in [6, 6.07) is 0. The molecule has 0 saturated heterocycles. The molecule has 1 unspecified atom stereocenters. The van der Waals surface area contributed by atoms with Crippen LogP contribution in [0.3, 0.4) is 0 Å². The number of allylic oxidation sites excluding steroid dienone is 12. The van der Waals surface area contributed by atoms with Gasteiger partial charge in [0.15, 0.2) is 6.10 Å². The molecule has 6 heteroatoms. The van der Waals surface area contributed by atoms with Gasteiger partial charge >= 0.3 is 17.9 Å². The fourth-order valence-electron chi connectivity index (χ4n) is 10.6. The average molecular weight is 1150 g/mol. The van der Waals surface area contributed by atoms with Gasteiger partial charge in [0, 0.05) is 19.3 Å². The molecule has 476 valence electrons. The molecule has 0 amide bonds. The summed E-state index contributed by atoms with van der Waals surface area (Å²) in [7, 11) is 0. The summed E-state index contributed by atoms with van der Waals surface area (Å²) >= 11 is 0. The second kappa shape index (κ2) is 70.3. The first-order valence-electron chi connectivity index (χ1n) is 35.9. The van der Waals surface area contributed by atoms with Crippen LogP contribution in [-0.4, -0.2) is 37.2 Å². The van der Waals surface area contributed by atoms with Gasteiger partial charge in [0.25, 0.3) is 0 Å². The molecule has 0 N–H and O–H groups in total. The minimum absolute atomic E-state index is 0.0822. The molecule has 0 aromatic rings. The van der Waals surface area contributed by atoms with Crippen molar-refractivity contribution >= 4 is 17.9 Å². The zero-order valence-corrected chi connectivity index (χ0v) is 54.8. The fraction of sp³-hybridized carbons (Fsp3) is 0.803. The summed E-state index contributed by atoms with van der Waals surface area (Å²) in [5, 5.41) is 0. The van der Waals surface area contributed by atoms with Crippen molar-refractivity contribution in [2.24, 2.45) is 0 Å². The van der Waals surface area contributed by atoms with Crippen molar-refractivity contribution in [2.75, 3.05) is 13.2 Å². The van der Waals surface area contributed by atoms with E-state index in [0.29, 0.717) is 19.3 Å². The largest absolute Gasteiger partial charge is 0.462 e. The van der Waals surface area contributed by atoms with Gasteiger partial charge in [-0.1, -0.05) is 338 Å². The van der Waals surface area contributed by atoms with Crippen LogP contribution in [-0.2, 0) is 28.6 Å². The molecule has 6 nitrogen and oxygen atoms in total. The zero-order chi connectivity index (χ0) is 59.2. The molecule has 0 bridgehead atoms. The van der Waals surface area contributed by atoms with E-state index >= 15 is 0 Å². The van der Waals surface area contributed by atoms with Crippen molar-refractivity contribution in [3.8, 4) is 0 Å². The van der Waals surface area contributed by atoms with Crippen LogP contribution >= 0.6 is 0 Å². The van der Waals surface area contributed by atoms with E-state index in [-0.39, 0.29) is 31.1 Å². The van der Waals surface area contributed by atoms with Crippen molar-refractivity contribution in [3.63, 3.8) is 0 Å². The summed E-state index contributed by atoms with van der Waals surface area (Å²) in [6.45, 7) is 6.56. The number of hydrogen-bond donors (Lipinski definition) is 0. The van der Waals surface area contributed by atoms with Crippen LogP contribution in [0.4, 0.5) is 0 Å². The third-order valence-corrected chi connectivity index (χ3v) is 15.9. The molecule has 0 radical (unpaired) electrons. The lowest BCUT2D eigenvalue weighted by Gasteiger charge is -2.18. The summed E-state index contributed by atoms with van der Waals surface area (Å²) in [5.41, 5.74) is 0. The first-order valence-corrected chi connectivity index (χ1v) is 35.9. The lowest BCUT2D eigenvalue weighted by molar-refractivity contribution is -0.167. The van der Waals surface area contributed by atoms with Gasteiger partial charge in [0.05, 0.1) is 0 Å². The molecular formula is C76H136O6. The molecule has 0 fully saturated rings. The van der Waals surface area contributed by atoms with Crippen LogP contribution in [0, 0.1) is 0 Å². The standard InChI is InChI=1S/C76H136O6/c1-4-7-10-13-16-19-22-25-28-31-34-36-37-38-39-40-43-45-48-51-54-57-60-63-66-69-75(78)81-72-73(71-80-74(77)68-65-62-59-56-53-50-47-44-41-33-30-27-24-21-18-15-12-9-6-3)82-76(79)70-67-64-61-58-55-52-49-46-42-35-32-29-26-23-20-17-14-11-8-5-2/h9,12,18,21,27,30-31,34,41,44,50,53,73H,4-8,10-11,13-17,19-20,22-26,28-29,32-33,35-40,42-43,45-49,51-52,54-72H2,1-3H3/b12-9-,21-18-,30-27-,34-31-,44-41-,53-50-. The quantitative estimate of drug-likeness (QED) is 0.0261. The molecule has 0 aliphatic heterocycles. The number of ether oxygens (including phenoxy) is 3. The predicted octanol–water partition coefficient (Wildman–Crippen LogP) is 24.8. The molecule has 0 spiro atoms. The second-order valence-electron chi connectivity index (χ2n) is 24.1. The highest BCUT2D eigenvalue weighted by Crippen LogP contribution is 2.18. The Balaban J connectivity index is 4.35. The Hall–Kier alpha value is -3.15. The monoisotopic (exact) mass is 1150 g/mol. The third kappa shape index (κ3) is 67.6. The smallest absolute Gasteiger partial charge is 0.306 e. The maximum Gasteiger partial charge on any atom is 0.306 e. The van der Waals surface area contributed by atoms with E-state index in [1.54, 1.807) is 0 Å². The van der Waals surface area contributed by atoms with Crippen LogP contribution in [0.15, 0.2) is 72.9 Å². The number of esters is 3. The van der Waals surface area contributed by atoms with Gasteiger partial charge in [-0.3, -0.25) is 14.4 Å². The Bertz CT molecular complexity index is 1500. The molecule has 0 aliphatic rings. The minimum atomic E-state index is -0.790. The molecule has 0 aliphatic carbocycles. The Morgan fingerprint density at radius 1 is 0.256 bits per heavy atom. The molecule has 0 rings (SSSR count). The highest BCUT2D eigenvalue weighted by Gasteiger charge is 2.19. The summed E-state index contributed by atoms with van der Waals surface area (Å²) < 4.78 is 17.0. The van der Waals surface area contributed by atoms with Crippen molar-refractivity contribution in [1.82, 2.24) is 0 Å². The van der Waals surface area contributed by atoms with Crippen molar-refractivity contribution in [3.05, 3.63) is 72.9 Å². The van der Waals surface area contributed by atoms with Gasteiger partial charge in [-0.2, -0.15) is 0 Å². The van der Waals surface area contributed by atoms with Crippen molar-refractivity contribution in [1.29, 1.82) is 0 Å². The summed E-state index contributed by atoms with van der Waals surface area (Å²) in [4.78, 5) is 38.5. The third-order valence-electron chi connectivity index (χ3n) is 15.9. The molecule has 0 aromatic heterocycles. The van der Waals surface area contributed by atoms with Crippen LogP contribution in [0.1, 0.15) is 374 Å². The Kier molecular flexibility index (Phi) is 67.6. The van der Waals surface area contributed by atoms with E-state index in [1.807, 2.05) is 0 Å². The molecule has 1 atom stereocenters. The molecule has 0 aromatic carbocycles. The number of carbonyl (C=O) groups excluding carboxylic acids is 3. The van der Waals surface area contributed by atoms with Crippen molar-refractivity contribution in [2.45, 2.75) is 380 Å². The van der Waals surface area contributed by atoms with E-state index in [0.717, 1.165) is 96.3 Å². The average Bonchev–Trinajstić information content (AvgIpc) is 3.47. The van der Waals surface area contributed by atoms with E-state index in [2.05, 4.69) is 93.7 Å². The summed E-state index contributed by atoms with van der Waals surface area (Å²) in [5.74, 6) is -0.892. The molecular weight excluding hydrogens is 1010 g/mol. The number of hydrogen-bond acceptors (Lipinski definition) is 6. The minimum Gasteiger partial charge on any atom is -0.462 e. The van der Waals surface area contributed by atoms with Crippen LogP contribution in [0.25, 0.3) is 0 Å². The lowest BCUT2D eigenvalue weighted by Crippen LogP contribution is -2.30. The first-order chi connectivity index (χ1) is 40.5. The van der Waals surface area contributed by atoms with Crippen LogP contribution in [0.2, 0.25) is 0 Å². The Morgan fingerprint density at radius 3 is 0.768 bits per heavy atom. The number of rotatable bonds is 66. The van der Waals surface area contributed by atoms with E-state index in [9.17, 15) is 14.4 Å². The topological polar surface area (TPSA) is 78.9 Å². The van der Waals surface area contributed by atoms with Gasteiger partial charge in [-0.05, 0) is 89.9 Å². The van der Waals surface area contributed by atoms with E-state index < -0.39 is 6.10 Å². The first kappa shape index (κ1) is 78.8. The normalized spacial score (nSPS) is 12.5. The van der Waals surface area contributed by atoms with Gasteiger partial charge < -0.3 is 14.2 Å². The maximum atomic E-state index is 13.0. The van der Waals surface area contributed by atoms with E-state index in [1.165, 1.54) is 238 Å². The second-order valence-corrected chi connectivity index (χ2v) is 24.1. The summed E-state index contributed by atoms with van der Waals surface area (Å²) in [6.07, 6.45) is 92.2. The van der Waals surface area contributed by atoms with Crippen molar-refractivity contribution < 1.29 is 28.6 Å². The number of unbranched alkanes of at least 4 members (excludes halogenated alkanes) is 43. The predicted molar refractivity (Wildman–Crippen MR) is 358 cm³/mol. The highest BCUT2D eigenvalue weighted by molar-refractivity contribution is 5.71. The number of carbonyl (C=O) groups is 3. The van der Waals surface area contributed by atoms with E-state index in [4.69, 9.17) is 14.2 Å². The molecule has 82 heavy (non-hydrogen) atoms. The zero-order valence-electron chi connectivity index (χ0n) is 54.8. The van der Waals surface area contributed by atoms with Gasteiger partial charge in [0.2, 0.25) is 0 Å². The highest BCUT2D eigenvalue weighted by atomic mass is 16.6. The van der Waals surface area contributed by atoms with Crippen LogP contribution < -0.4 is 0 Å². The lowest BCUT2D eigenvalue weighted by atomic mass is 10.0. The SMILES string of the molecule is CC/C=C\C/C=C\C/C=C\C/C=C\C/C=C\CCCCCC(=O)OCC(COC(=O)CCCCCCCCCCCCCCC/C=C\CCCCCCCCCC)OC(=O)CCCCCCCCCCCCCCCCCCCCCC. The Morgan fingerprint density at radius 2 is 0.476 bits per heavy atom. The van der Waals surface area contributed by atoms with Gasteiger partial charge in [0.1, 0.15) is 13.2 Å². The van der Waals surface area contributed by atoms with Gasteiger partial charge in [-0.25, -0.2) is 0 Å². The van der Waals surface area contributed by atoms with Crippen LogP contribution in [0.5, 0.6) is 0 Å². The molecule has 0 saturated carbocycles.